The van der Waals surface area contributed by atoms with Gasteiger partial charge in [-0.15, -0.1) is 4.52 Å². The largest absolute Gasteiger partial charge is 0.614 e. The van der Waals surface area contributed by atoms with Gasteiger partial charge in [0.25, 0.3) is 0 Å². The number of carbonyl (C=O) groups is 1. The van der Waals surface area contributed by atoms with Crippen LogP contribution in [0.3, 0.4) is 0 Å². The maximum Gasteiger partial charge on any atom is 0.614 e. The summed E-state index contributed by atoms with van der Waals surface area (Å²) in [6.07, 6.45) is 4.90. The Hall–Kier alpha value is -1.94. The Bertz CT molecular complexity index is 819. The summed E-state index contributed by atoms with van der Waals surface area (Å²) < 4.78 is 44.1. The highest BCUT2D eigenvalue weighted by Gasteiger charge is 2.38. The van der Waals surface area contributed by atoms with E-state index in [0.29, 0.717) is 0 Å². The highest BCUT2D eigenvalue weighted by atomic mass is 31.1. The Morgan fingerprint density at radius 1 is 1.42 bits per heavy atom. The summed E-state index contributed by atoms with van der Waals surface area (Å²) in [6.45, 7) is 3.82. The predicted molar refractivity (Wildman–Crippen MR) is 112 cm³/mol. The number of hydrogen-bond acceptors (Lipinski definition) is 8. The van der Waals surface area contributed by atoms with Gasteiger partial charge in [0.2, 0.25) is 5.85 Å². The van der Waals surface area contributed by atoms with Crippen LogP contribution in [0.2, 0.25) is 0 Å². The van der Waals surface area contributed by atoms with Crippen molar-refractivity contribution >= 4 is 20.0 Å². The number of rotatable bonds is 11. The summed E-state index contributed by atoms with van der Waals surface area (Å²) in [5.41, 5.74) is 4.75. The first-order chi connectivity index (χ1) is 14.6. The Labute approximate surface area is 181 Å². The highest BCUT2D eigenvalue weighted by molar-refractivity contribution is 7.36. The fourth-order valence-corrected chi connectivity index (χ4v) is 3.94. The van der Waals surface area contributed by atoms with Gasteiger partial charge in [-0.25, -0.2) is 9.18 Å². The van der Waals surface area contributed by atoms with Gasteiger partial charge in [-0.05, 0) is 50.2 Å². The van der Waals surface area contributed by atoms with Crippen molar-refractivity contribution in [3.8, 4) is 0 Å². The third-order valence-corrected chi connectivity index (χ3v) is 6.00. The van der Waals surface area contributed by atoms with Gasteiger partial charge in [0.15, 0.2) is 6.61 Å². The molecular weight excluding hydrogens is 430 g/mol. The van der Waals surface area contributed by atoms with E-state index in [-0.39, 0.29) is 18.3 Å². The topological polar surface area (TPSA) is 135 Å². The molecule has 31 heavy (non-hydrogen) atoms. The van der Waals surface area contributed by atoms with Crippen molar-refractivity contribution in [3.63, 3.8) is 0 Å². The number of carbonyl (C=O) groups excluding carboxylic acids is 1. The molecule has 0 amide bonds. The van der Waals surface area contributed by atoms with E-state index in [1.165, 1.54) is 33.0 Å². The summed E-state index contributed by atoms with van der Waals surface area (Å²) >= 11 is 0. The normalized spacial score (nSPS) is 19.3. The second kappa shape index (κ2) is 11.6. The molecule has 1 saturated carbocycles. The van der Waals surface area contributed by atoms with Gasteiger partial charge in [-0.1, -0.05) is 18.4 Å². The third kappa shape index (κ3) is 7.92. The minimum absolute atomic E-state index is 0.0398. The van der Waals surface area contributed by atoms with Crippen molar-refractivity contribution in [2.24, 2.45) is 0 Å². The maximum atomic E-state index is 15.1. The molecule has 0 saturated heterocycles. The molecule has 1 aliphatic rings. The average Bonchev–Trinajstić information content (AvgIpc) is 2.72. The summed E-state index contributed by atoms with van der Waals surface area (Å²) in [5.74, 6) is -2.81. The van der Waals surface area contributed by atoms with Gasteiger partial charge < -0.3 is 15.2 Å². The fourth-order valence-electron chi connectivity index (χ4n) is 3.14. The van der Waals surface area contributed by atoms with Crippen LogP contribution in [0, 0.1) is 0 Å². The Kier molecular flexibility index (Phi) is 9.49. The number of anilines is 1. The zero-order valence-corrected chi connectivity index (χ0v) is 19.0. The predicted octanol–water partition coefficient (Wildman–Crippen LogP) is 2.96. The van der Waals surface area contributed by atoms with Gasteiger partial charge in [0.1, 0.15) is 24.2 Å². The first kappa shape index (κ1) is 25.3. The zero-order valence-electron chi connectivity index (χ0n) is 18.1. The molecule has 12 heteroatoms. The van der Waals surface area contributed by atoms with Gasteiger partial charge in [0.05, 0.1) is 0 Å². The van der Waals surface area contributed by atoms with E-state index in [1.54, 1.807) is 0 Å². The molecule has 1 aromatic rings. The molecule has 0 spiro atoms. The van der Waals surface area contributed by atoms with Crippen LogP contribution in [0.25, 0.3) is 0 Å². The number of ether oxygens (including phenoxy) is 2. The lowest BCUT2D eigenvalue weighted by Gasteiger charge is -2.26. The van der Waals surface area contributed by atoms with E-state index in [9.17, 15) is 14.2 Å². The maximum absolute atomic E-state index is 15.1. The third-order valence-electron chi connectivity index (χ3n) is 5.04. The molecule has 174 valence electrons. The second-order valence-electron chi connectivity index (χ2n) is 7.57. The number of hydrogen-bond donors (Lipinski definition) is 2. The van der Waals surface area contributed by atoms with Crippen LogP contribution in [0.4, 0.5) is 10.2 Å². The Balaban J connectivity index is 1.84. The summed E-state index contributed by atoms with van der Waals surface area (Å²) in [6, 6.07) is 0.513. The molecule has 3 N–H and O–H groups in total. The number of nitrogens with two attached hydrogens (primary N) is 1. The van der Waals surface area contributed by atoms with E-state index in [4.69, 9.17) is 19.7 Å². The smallest absolute Gasteiger partial charge is 0.461 e. The first-order valence-electron chi connectivity index (χ1n) is 10.4. The number of nitrogen functional groups attached to an aromatic ring is 1. The van der Waals surface area contributed by atoms with Crippen LogP contribution in [-0.4, -0.2) is 40.1 Å². The average molecular weight is 461 g/mol. The number of halogens is 1. The molecule has 1 heterocycles. The second-order valence-corrected chi connectivity index (χ2v) is 8.60. The van der Waals surface area contributed by atoms with Crippen molar-refractivity contribution in [1.82, 2.24) is 14.6 Å². The number of alkyl halides is 1. The molecule has 4 atom stereocenters. The van der Waals surface area contributed by atoms with E-state index in [0.717, 1.165) is 36.7 Å². The monoisotopic (exact) mass is 461 g/mol. The van der Waals surface area contributed by atoms with E-state index >= 15 is 4.39 Å². The van der Waals surface area contributed by atoms with Crippen LogP contribution < -0.4 is 16.5 Å². The minimum atomic E-state index is -2.55. The molecule has 0 radical (unpaired) electrons. The molecular formula is C19H31FN4O6P+. The molecule has 1 aliphatic carbocycles. The molecule has 0 aromatic carbocycles. The van der Waals surface area contributed by atoms with Crippen molar-refractivity contribution in [2.45, 2.75) is 83.5 Å². The van der Waals surface area contributed by atoms with Crippen molar-refractivity contribution in [1.29, 1.82) is 0 Å². The van der Waals surface area contributed by atoms with Crippen molar-refractivity contribution in [3.05, 3.63) is 22.7 Å². The zero-order chi connectivity index (χ0) is 23.0. The Morgan fingerprint density at radius 3 is 2.71 bits per heavy atom. The molecule has 1 fully saturated rings. The first-order valence-corrected chi connectivity index (χ1v) is 11.6. The minimum Gasteiger partial charge on any atom is -0.461 e. The number of nitrogens with one attached hydrogen (secondary N) is 1. The van der Waals surface area contributed by atoms with Crippen LogP contribution in [0.5, 0.6) is 0 Å². The lowest BCUT2D eigenvalue weighted by atomic mass is 9.98. The number of nitrogens with zero attached hydrogens (tertiary/aromatic N) is 2. The van der Waals surface area contributed by atoms with Crippen LogP contribution in [0.1, 0.15) is 65.5 Å². The van der Waals surface area contributed by atoms with Crippen molar-refractivity contribution in [2.75, 3.05) is 12.3 Å². The molecule has 2 rings (SSSR count). The van der Waals surface area contributed by atoms with Gasteiger partial charge in [0, 0.05) is 12.6 Å². The van der Waals surface area contributed by atoms with Crippen LogP contribution in [-0.2, 0) is 23.4 Å². The summed E-state index contributed by atoms with van der Waals surface area (Å²) in [5, 5.41) is 2.48. The molecule has 1 aromatic heterocycles. The SMILES string of the molecule is CC[C@@](F)(CO[P+](=O)N[C@@H](C)C(=O)OC1CCCCC1)O[C@H](C)n1ccc(N)nc1=O. The fraction of sp³-hybridized carbons (Fsp3) is 0.737. The van der Waals surface area contributed by atoms with Crippen LogP contribution >= 0.6 is 8.18 Å². The molecule has 0 aliphatic heterocycles. The van der Waals surface area contributed by atoms with Crippen LogP contribution in [0.15, 0.2) is 17.1 Å². The van der Waals surface area contributed by atoms with Gasteiger partial charge in [-0.2, -0.15) is 4.98 Å². The summed E-state index contributed by atoms with van der Waals surface area (Å²) in [4.78, 5) is 27.6. The highest BCUT2D eigenvalue weighted by Crippen LogP contribution is 2.29. The number of aromatic nitrogens is 2. The lowest BCUT2D eigenvalue weighted by molar-refractivity contribution is -0.213. The van der Waals surface area contributed by atoms with Gasteiger partial charge in [-0.3, -0.25) is 9.36 Å². The Morgan fingerprint density at radius 2 is 2.10 bits per heavy atom. The lowest BCUT2D eigenvalue weighted by Crippen LogP contribution is -2.38. The van der Waals surface area contributed by atoms with E-state index in [2.05, 4.69) is 10.1 Å². The summed E-state index contributed by atoms with van der Waals surface area (Å²) in [7, 11) is -2.55. The molecule has 10 nitrogen and oxygen atoms in total. The van der Waals surface area contributed by atoms with E-state index in [1.807, 2.05) is 0 Å². The van der Waals surface area contributed by atoms with Gasteiger partial charge >= 0.3 is 19.8 Å². The standard InChI is InChI=1S/C19H30FN4O6P/c1-4-19(20,30-14(3)24-11-10-16(21)22-18(24)26)12-28-31(27)23-13(2)17(25)29-15-8-6-5-7-9-15/h10-11,13-15H,4-9,12H2,1-3H3,(H2-,21,22,23,26,27)/p+1/t13-,14+,19-/m0/s1. The number of esters is 1. The molecule has 0 bridgehead atoms. The molecule has 1 unspecified atom stereocenters. The van der Waals surface area contributed by atoms with Crippen molar-refractivity contribution < 1.29 is 27.7 Å². The quantitative estimate of drug-likeness (QED) is 0.377. The van der Waals surface area contributed by atoms with E-state index < -0.39 is 44.6 Å².